The van der Waals surface area contributed by atoms with E-state index in [1.165, 1.54) is 22.9 Å². The minimum atomic E-state index is -0.740. The Morgan fingerprint density at radius 1 is 1.53 bits per heavy atom. The second-order valence-electron chi connectivity index (χ2n) is 4.79. The lowest BCUT2D eigenvalue weighted by molar-refractivity contribution is -0.133. The molecule has 0 fully saturated rings. The molecule has 1 aliphatic carbocycles. The van der Waals surface area contributed by atoms with E-state index >= 15 is 0 Å². The maximum Gasteiger partial charge on any atom is 0.313 e. The number of ether oxygens (including phenoxy) is 1. The zero-order valence-corrected chi connectivity index (χ0v) is 12.0. The molecular weight excluding hydrogens is 260 g/mol. The number of carbonyl (C=O) groups is 1. The highest BCUT2D eigenvalue weighted by Gasteiger charge is 2.22. The molecule has 1 atom stereocenters. The van der Waals surface area contributed by atoms with Crippen LogP contribution in [0.5, 0.6) is 5.75 Å². The molecule has 0 amide bonds. The number of fused-ring (bicyclic) bond motifs is 1. The molecule has 0 aliphatic heterocycles. The largest absolute Gasteiger partial charge is 0.494 e. The minimum Gasteiger partial charge on any atom is -0.494 e. The van der Waals surface area contributed by atoms with Crippen LogP contribution in [-0.2, 0) is 11.2 Å². The van der Waals surface area contributed by atoms with Crippen LogP contribution in [0.1, 0.15) is 42.6 Å². The molecular formula is C15H20O3S. The van der Waals surface area contributed by atoms with Gasteiger partial charge < -0.3 is 9.84 Å². The number of thioether (sulfide) groups is 1. The topological polar surface area (TPSA) is 46.5 Å². The van der Waals surface area contributed by atoms with Crippen molar-refractivity contribution < 1.29 is 14.6 Å². The van der Waals surface area contributed by atoms with Crippen LogP contribution in [0.2, 0.25) is 0 Å². The van der Waals surface area contributed by atoms with Gasteiger partial charge in [0.1, 0.15) is 5.75 Å². The highest BCUT2D eigenvalue weighted by molar-refractivity contribution is 8.00. The van der Waals surface area contributed by atoms with Crippen molar-refractivity contribution in [2.45, 2.75) is 37.9 Å². The van der Waals surface area contributed by atoms with Crippen LogP contribution >= 0.6 is 11.8 Å². The first kappa shape index (κ1) is 14.3. The smallest absolute Gasteiger partial charge is 0.313 e. The third-order valence-electron chi connectivity index (χ3n) is 3.26. The van der Waals surface area contributed by atoms with Gasteiger partial charge in [-0.15, -0.1) is 11.8 Å². The van der Waals surface area contributed by atoms with Crippen molar-refractivity contribution in [3.8, 4) is 5.75 Å². The van der Waals surface area contributed by atoms with Crippen LogP contribution in [0.25, 0.3) is 0 Å². The summed E-state index contributed by atoms with van der Waals surface area (Å²) in [6, 6.07) is 6.26. The number of hydrogen-bond donors (Lipinski definition) is 1. The zero-order chi connectivity index (χ0) is 13.7. The molecule has 0 radical (unpaired) electrons. The minimum absolute atomic E-state index is 0.171. The lowest BCUT2D eigenvalue weighted by Gasteiger charge is -2.25. The Bertz CT molecular complexity index is 445. The maximum absolute atomic E-state index is 10.7. The van der Waals surface area contributed by atoms with Gasteiger partial charge >= 0.3 is 5.97 Å². The normalized spacial score (nSPS) is 17.8. The second-order valence-corrected chi connectivity index (χ2v) is 5.99. The van der Waals surface area contributed by atoms with Crippen molar-refractivity contribution in [3.05, 3.63) is 29.3 Å². The van der Waals surface area contributed by atoms with Gasteiger partial charge in [0.25, 0.3) is 0 Å². The summed E-state index contributed by atoms with van der Waals surface area (Å²) in [4.78, 5) is 10.7. The van der Waals surface area contributed by atoms with Gasteiger partial charge in [0.05, 0.1) is 12.4 Å². The van der Waals surface area contributed by atoms with Crippen molar-refractivity contribution in [2.24, 2.45) is 0 Å². The number of carboxylic acid groups (broad SMARTS) is 1. The zero-order valence-electron chi connectivity index (χ0n) is 11.2. The summed E-state index contributed by atoms with van der Waals surface area (Å²) in [7, 11) is 0. The van der Waals surface area contributed by atoms with Crippen LogP contribution in [0.3, 0.4) is 0 Å². The number of rotatable bonds is 6. The van der Waals surface area contributed by atoms with E-state index in [9.17, 15) is 4.79 Å². The molecule has 2 rings (SSSR count). The predicted octanol–water partition coefficient (Wildman–Crippen LogP) is 3.67. The SMILES string of the molecule is CCCOc1ccc2c(c1)C(SCC(=O)O)CCC2. The van der Waals surface area contributed by atoms with Gasteiger partial charge in [0, 0.05) is 5.25 Å². The maximum atomic E-state index is 10.7. The number of hydrogen-bond acceptors (Lipinski definition) is 3. The monoisotopic (exact) mass is 280 g/mol. The number of aryl methyl sites for hydroxylation is 1. The lowest BCUT2D eigenvalue weighted by atomic mass is 9.91. The van der Waals surface area contributed by atoms with Gasteiger partial charge in [-0.3, -0.25) is 4.79 Å². The van der Waals surface area contributed by atoms with E-state index in [0.29, 0.717) is 5.25 Å². The average Bonchev–Trinajstić information content (AvgIpc) is 2.42. The molecule has 0 saturated heterocycles. The van der Waals surface area contributed by atoms with Crippen molar-refractivity contribution in [1.82, 2.24) is 0 Å². The Hall–Kier alpha value is -1.16. The average molecular weight is 280 g/mol. The molecule has 0 heterocycles. The molecule has 1 aliphatic rings. The van der Waals surface area contributed by atoms with E-state index < -0.39 is 5.97 Å². The van der Waals surface area contributed by atoms with Crippen molar-refractivity contribution in [2.75, 3.05) is 12.4 Å². The number of aliphatic carboxylic acids is 1. The van der Waals surface area contributed by atoms with Crippen LogP contribution < -0.4 is 4.74 Å². The molecule has 3 nitrogen and oxygen atoms in total. The van der Waals surface area contributed by atoms with Gasteiger partial charge in [-0.05, 0) is 48.9 Å². The summed E-state index contributed by atoms with van der Waals surface area (Å²) in [6.45, 7) is 2.82. The molecule has 1 aromatic rings. The number of carboxylic acids is 1. The number of benzene rings is 1. The van der Waals surface area contributed by atoms with E-state index in [1.807, 2.05) is 6.07 Å². The van der Waals surface area contributed by atoms with E-state index in [1.54, 1.807) is 0 Å². The molecule has 0 spiro atoms. The van der Waals surface area contributed by atoms with E-state index in [-0.39, 0.29) is 5.75 Å². The molecule has 0 aromatic heterocycles. The fraction of sp³-hybridized carbons (Fsp3) is 0.533. The second kappa shape index (κ2) is 6.85. The Balaban J connectivity index is 2.12. The van der Waals surface area contributed by atoms with Crippen LogP contribution in [0, 0.1) is 0 Å². The molecule has 104 valence electrons. The highest BCUT2D eigenvalue weighted by atomic mass is 32.2. The highest BCUT2D eigenvalue weighted by Crippen LogP contribution is 2.41. The summed E-state index contributed by atoms with van der Waals surface area (Å²) in [5, 5.41) is 9.11. The predicted molar refractivity (Wildman–Crippen MR) is 78.0 cm³/mol. The van der Waals surface area contributed by atoms with Gasteiger partial charge in [0.2, 0.25) is 0 Å². The summed E-state index contributed by atoms with van der Waals surface area (Å²) in [5.41, 5.74) is 2.61. The van der Waals surface area contributed by atoms with Gasteiger partial charge in [-0.2, -0.15) is 0 Å². The van der Waals surface area contributed by atoms with Gasteiger partial charge in [-0.25, -0.2) is 0 Å². The molecule has 0 bridgehead atoms. The molecule has 19 heavy (non-hydrogen) atoms. The molecule has 1 N–H and O–H groups in total. The van der Waals surface area contributed by atoms with Crippen molar-refractivity contribution in [1.29, 1.82) is 0 Å². The summed E-state index contributed by atoms with van der Waals surface area (Å²) in [6.07, 6.45) is 4.28. The first-order valence-electron chi connectivity index (χ1n) is 6.79. The molecule has 4 heteroatoms. The Morgan fingerprint density at radius 2 is 2.37 bits per heavy atom. The Kier molecular flexibility index (Phi) is 5.14. The van der Waals surface area contributed by atoms with E-state index in [2.05, 4.69) is 19.1 Å². The van der Waals surface area contributed by atoms with Crippen LogP contribution in [-0.4, -0.2) is 23.4 Å². The standard InChI is InChI=1S/C15H20O3S/c1-2-8-18-12-7-6-11-4-3-5-14(13(11)9-12)19-10-15(16)17/h6-7,9,14H,2-5,8,10H2,1H3,(H,16,17). The summed E-state index contributed by atoms with van der Waals surface area (Å²) < 4.78 is 5.67. The van der Waals surface area contributed by atoms with Gasteiger partial charge in [0.15, 0.2) is 0 Å². The fourth-order valence-electron chi connectivity index (χ4n) is 2.39. The van der Waals surface area contributed by atoms with Crippen LogP contribution in [0.15, 0.2) is 18.2 Å². The van der Waals surface area contributed by atoms with Crippen molar-refractivity contribution in [3.63, 3.8) is 0 Å². The molecule has 1 unspecified atom stereocenters. The Labute approximate surface area is 118 Å². The summed E-state index contributed by atoms with van der Waals surface area (Å²) in [5.74, 6) is 0.336. The fourth-order valence-corrected chi connectivity index (χ4v) is 3.46. The van der Waals surface area contributed by atoms with Crippen LogP contribution in [0.4, 0.5) is 0 Å². The third kappa shape index (κ3) is 3.90. The Morgan fingerprint density at radius 3 is 3.11 bits per heavy atom. The summed E-state index contributed by atoms with van der Waals surface area (Å²) >= 11 is 1.53. The van der Waals surface area contributed by atoms with Gasteiger partial charge in [-0.1, -0.05) is 13.0 Å². The molecule has 1 aromatic carbocycles. The van der Waals surface area contributed by atoms with Crippen molar-refractivity contribution >= 4 is 17.7 Å². The molecule has 0 saturated carbocycles. The van der Waals surface area contributed by atoms with E-state index in [0.717, 1.165) is 38.0 Å². The third-order valence-corrected chi connectivity index (χ3v) is 4.56. The first-order valence-corrected chi connectivity index (χ1v) is 7.84. The lowest BCUT2D eigenvalue weighted by Crippen LogP contribution is -2.10. The van der Waals surface area contributed by atoms with E-state index in [4.69, 9.17) is 9.84 Å². The quantitative estimate of drug-likeness (QED) is 0.863. The first-order chi connectivity index (χ1) is 9.20.